The van der Waals surface area contributed by atoms with Gasteiger partial charge in [0.15, 0.2) is 5.78 Å². The van der Waals surface area contributed by atoms with Crippen molar-refractivity contribution in [2.45, 2.75) is 39.0 Å². The van der Waals surface area contributed by atoms with Gasteiger partial charge in [-0.15, -0.1) is 0 Å². The number of allylic oxidation sites excluding steroid dienone is 3. The van der Waals surface area contributed by atoms with E-state index in [2.05, 4.69) is 15.6 Å². The van der Waals surface area contributed by atoms with Crippen LogP contribution in [0.2, 0.25) is 5.02 Å². The van der Waals surface area contributed by atoms with Crippen molar-refractivity contribution in [3.8, 4) is 0 Å². The molecule has 2 aromatic rings. The zero-order valence-electron chi connectivity index (χ0n) is 16.4. The Bertz CT molecular complexity index is 1070. The molecule has 0 radical (unpaired) electrons. The summed E-state index contributed by atoms with van der Waals surface area (Å²) in [5.41, 5.74) is 4.54. The van der Waals surface area contributed by atoms with E-state index in [1.54, 1.807) is 12.3 Å². The Kier molecular flexibility index (Phi) is 5.24. The minimum absolute atomic E-state index is 0.0650. The lowest BCUT2D eigenvalue weighted by Gasteiger charge is -2.34. The summed E-state index contributed by atoms with van der Waals surface area (Å²) in [4.78, 5) is 30.5. The maximum absolute atomic E-state index is 13.3. The highest BCUT2D eigenvalue weighted by molar-refractivity contribution is 6.31. The summed E-state index contributed by atoms with van der Waals surface area (Å²) >= 11 is 6.51. The molecule has 2 heterocycles. The Hall–Kier alpha value is -2.92. The number of Topliss-reactive ketones (excluding diaryl/α,β-unsaturated/α-hetero) is 1. The molecule has 2 N–H and O–H groups in total. The van der Waals surface area contributed by atoms with Gasteiger partial charge in [-0.25, -0.2) is 4.98 Å². The molecule has 1 aliphatic carbocycles. The van der Waals surface area contributed by atoms with E-state index in [0.717, 1.165) is 35.4 Å². The Morgan fingerprint density at radius 1 is 1.21 bits per heavy atom. The number of aromatic nitrogens is 1. The summed E-state index contributed by atoms with van der Waals surface area (Å²) in [7, 11) is 0. The molecule has 5 nitrogen and oxygen atoms in total. The third-order valence-electron chi connectivity index (χ3n) is 5.39. The quantitative estimate of drug-likeness (QED) is 0.776. The number of hydrogen-bond donors (Lipinski definition) is 2. The Morgan fingerprint density at radius 3 is 2.76 bits per heavy atom. The SMILES string of the molecule is CC1=C(C(=O)Nc2cc(C)ccn2)C(c2ccccc2Cl)C2=C(CCCC2=O)N1. The average molecular weight is 408 g/mol. The summed E-state index contributed by atoms with van der Waals surface area (Å²) in [5.74, 6) is -0.251. The fourth-order valence-electron chi connectivity index (χ4n) is 4.09. The van der Waals surface area contributed by atoms with Crippen LogP contribution in [0.25, 0.3) is 0 Å². The fraction of sp³-hybridized carbons (Fsp3) is 0.261. The van der Waals surface area contributed by atoms with Crippen LogP contribution in [0, 0.1) is 6.92 Å². The molecule has 1 aromatic carbocycles. The minimum atomic E-state index is -0.502. The second kappa shape index (κ2) is 7.84. The van der Waals surface area contributed by atoms with E-state index in [0.29, 0.717) is 28.4 Å². The lowest BCUT2D eigenvalue weighted by molar-refractivity contribution is -0.116. The van der Waals surface area contributed by atoms with Gasteiger partial charge >= 0.3 is 0 Å². The van der Waals surface area contributed by atoms with Crippen molar-refractivity contribution in [2.75, 3.05) is 5.32 Å². The molecule has 0 saturated carbocycles. The first-order valence-corrected chi connectivity index (χ1v) is 10.1. The van der Waals surface area contributed by atoms with E-state index in [1.807, 2.05) is 44.2 Å². The number of benzene rings is 1. The molecular formula is C23H22ClN3O2. The van der Waals surface area contributed by atoms with Gasteiger partial charge in [0.05, 0.1) is 0 Å². The summed E-state index contributed by atoms with van der Waals surface area (Å²) < 4.78 is 0. The lowest BCUT2D eigenvalue weighted by atomic mass is 9.75. The molecular weight excluding hydrogens is 386 g/mol. The topological polar surface area (TPSA) is 71.1 Å². The fourth-order valence-corrected chi connectivity index (χ4v) is 4.34. The highest BCUT2D eigenvalue weighted by Gasteiger charge is 2.39. The Morgan fingerprint density at radius 2 is 2.00 bits per heavy atom. The Labute approximate surface area is 174 Å². The maximum Gasteiger partial charge on any atom is 0.255 e. The van der Waals surface area contributed by atoms with E-state index in [4.69, 9.17) is 11.6 Å². The first-order chi connectivity index (χ1) is 14.0. The van der Waals surface area contributed by atoms with Crippen molar-refractivity contribution in [3.05, 3.63) is 81.3 Å². The number of carbonyl (C=O) groups excluding carboxylic acids is 2. The standard InChI is InChI=1S/C23H22ClN3O2/c1-13-10-11-25-19(12-13)27-23(29)20-14(2)26-17-8-5-9-18(28)22(17)21(20)15-6-3-4-7-16(15)24/h3-4,6-7,10-12,21,26H,5,8-9H2,1-2H3,(H,25,27,29). The second-order valence-corrected chi connectivity index (χ2v) is 7.87. The molecule has 0 spiro atoms. The number of hydrogen-bond acceptors (Lipinski definition) is 4. The third-order valence-corrected chi connectivity index (χ3v) is 5.74. The number of halogens is 1. The van der Waals surface area contributed by atoms with Gasteiger partial charge in [0.25, 0.3) is 5.91 Å². The van der Waals surface area contributed by atoms with Crippen LogP contribution in [0.3, 0.4) is 0 Å². The van der Waals surface area contributed by atoms with E-state index in [-0.39, 0.29) is 11.7 Å². The lowest BCUT2D eigenvalue weighted by Crippen LogP contribution is -2.35. The van der Waals surface area contributed by atoms with Crippen molar-refractivity contribution in [3.63, 3.8) is 0 Å². The van der Waals surface area contributed by atoms with Gasteiger partial charge < -0.3 is 10.6 Å². The van der Waals surface area contributed by atoms with E-state index < -0.39 is 5.92 Å². The van der Waals surface area contributed by atoms with Gasteiger partial charge in [-0.05, 0) is 56.0 Å². The minimum Gasteiger partial charge on any atom is -0.362 e. The van der Waals surface area contributed by atoms with Crippen molar-refractivity contribution < 1.29 is 9.59 Å². The molecule has 148 valence electrons. The molecule has 1 aromatic heterocycles. The highest BCUT2D eigenvalue weighted by atomic mass is 35.5. The number of amides is 1. The first-order valence-electron chi connectivity index (χ1n) is 9.68. The number of rotatable bonds is 3. The number of aryl methyl sites for hydroxylation is 1. The molecule has 0 saturated heterocycles. The summed E-state index contributed by atoms with van der Waals surface area (Å²) in [6.45, 7) is 3.81. The maximum atomic E-state index is 13.3. The number of dihydropyridines is 1. The number of nitrogens with one attached hydrogen (secondary N) is 2. The van der Waals surface area contributed by atoms with E-state index in [1.165, 1.54) is 0 Å². The molecule has 2 aliphatic rings. The molecule has 0 bridgehead atoms. The molecule has 1 amide bonds. The van der Waals surface area contributed by atoms with Crippen LogP contribution in [-0.4, -0.2) is 16.7 Å². The van der Waals surface area contributed by atoms with Crippen LogP contribution in [0.5, 0.6) is 0 Å². The highest BCUT2D eigenvalue weighted by Crippen LogP contribution is 2.44. The number of carbonyl (C=O) groups is 2. The average Bonchev–Trinajstić information content (AvgIpc) is 2.67. The zero-order valence-corrected chi connectivity index (χ0v) is 17.1. The molecule has 1 aliphatic heterocycles. The van der Waals surface area contributed by atoms with Crippen molar-refractivity contribution in [1.82, 2.24) is 10.3 Å². The summed E-state index contributed by atoms with van der Waals surface area (Å²) in [6.07, 6.45) is 3.73. The van der Waals surface area contributed by atoms with Gasteiger partial charge in [0, 0.05) is 46.1 Å². The molecule has 1 atom stereocenters. The van der Waals surface area contributed by atoms with Gasteiger partial charge in [0.2, 0.25) is 0 Å². The van der Waals surface area contributed by atoms with Crippen LogP contribution in [-0.2, 0) is 9.59 Å². The van der Waals surface area contributed by atoms with Crippen LogP contribution in [0.15, 0.2) is 65.1 Å². The smallest absolute Gasteiger partial charge is 0.255 e. The number of pyridine rings is 1. The summed E-state index contributed by atoms with van der Waals surface area (Å²) in [6, 6.07) is 11.1. The van der Waals surface area contributed by atoms with Gasteiger partial charge in [-0.1, -0.05) is 29.8 Å². The molecule has 29 heavy (non-hydrogen) atoms. The first kappa shape index (κ1) is 19.4. The number of anilines is 1. The van der Waals surface area contributed by atoms with Gasteiger partial charge in [0.1, 0.15) is 5.82 Å². The van der Waals surface area contributed by atoms with E-state index >= 15 is 0 Å². The molecule has 1 unspecified atom stereocenters. The zero-order chi connectivity index (χ0) is 20.5. The number of nitrogens with zero attached hydrogens (tertiary/aromatic N) is 1. The van der Waals surface area contributed by atoms with Crippen LogP contribution >= 0.6 is 11.6 Å². The van der Waals surface area contributed by atoms with Crippen LogP contribution in [0.1, 0.15) is 43.2 Å². The van der Waals surface area contributed by atoms with Crippen molar-refractivity contribution >= 4 is 29.1 Å². The van der Waals surface area contributed by atoms with E-state index in [9.17, 15) is 9.59 Å². The van der Waals surface area contributed by atoms with Crippen LogP contribution < -0.4 is 10.6 Å². The molecule has 4 rings (SSSR count). The molecule has 6 heteroatoms. The summed E-state index contributed by atoms with van der Waals surface area (Å²) in [5, 5.41) is 6.74. The second-order valence-electron chi connectivity index (χ2n) is 7.46. The number of ketones is 1. The predicted molar refractivity (Wildman–Crippen MR) is 114 cm³/mol. The predicted octanol–water partition coefficient (Wildman–Crippen LogP) is 4.65. The monoisotopic (exact) mass is 407 g/mol. The normalized spacial score (nSPS) is 19.0. The van der Waals surface area contributed by atoms with Crippen molar-refractivity contribution in [1.29, 1.82) is 0 Å². The van der Waals surface area contributed by atoms with Crippen molar-refractivity contribution in [2.24, 2.45) is 0 Å². The third kappa shape index (κ3) is 3.70. The van der Waals surface area contributed by atoms with Crippen LogP contribution in [0.4, 0.5) is 5.82 Å². The van der Waals surface area contributed by atoms with Gasteiger partial charge in [-0.2, -0.15) is 0 Å². The van der Waals surface area contributed by atoms with Gasteiger partial charge in [-0.3, -0.25) is 9.59 Å². The largest absolute Gasteiger partial charge is 0.362 e. The Balaban J connectivity index is 1.81. The molecule has 0 fully saturated rings.